The molecule has 0 spiro atoms. The molecule has 22 heavy (non-hydrogen) atoms. The lowest BCUT2D eigenvalue weighted by Crippen LogP contribution is -2.36. The number of carbonyl (C=O) groups is 1. The Morgan fingerprint density at radius 1 is 1.18 bits per heavy atom. The molecule has 0 aliphatic carbocycles. The molecule has 5 heteroatoms. The van der Waals surface area contributed by atoms with Crippen LogP contribution in [0.3, 0.4) is 0 Å². The molecule has 1 heterocycles. The molecular weight excluding hydrogens is 280 g/mol. The fourth-order valence-electron chi connectivity index (χ4n) is 2.33. The second-order valence-electron chi connectivity index (χ2n) is 5.17. The summed E-state index contributed by atoms with van der Waals surface area (Å²) in [6.45, 7) is 2.37. The van der Waals surface area contributed by atoms with Gasteiger partial charge in [-0.3, -0.25) is 9.59 Å². The number of H-pyrrole nitrogens is 1. The molecule has 0 aliphatic rings. The second-order valence-corrected chi connectivity index (χ2v) is 5.17. The number of aromatic amines is 1. The minimum atomic E-state index is -0.296. The average Bonchev–Trinajstić information content (AvgIpc) is 2.51. The van der Waals surface area contributed by atoms with E-state index in [1.807, 2.05) is 30.3 Å². The maximum atomic E-state index is 12.5. The Labute approximate surface area is 129 Å². The van der Waals surface area contributed by atoms with E-state index in [1.165, 1.54) is 6.07 Å². The molecule has 0 unspecified atom stereocenters. The number of aliphatic hydroxyl groups excluding tert-OH is 1. The van der Waals surface area contributed by atoms with Gasteiger partial charge in [0.05, 0.1) is 6.61 Å². The molecule has 5 nitrogen and oxygen atoms in total. The molecule has 0 saturated heterocycles. The first-order valence-electron chi connectivity index (χ1n) is 7.25. The summed E-state index contributed by atoms with van der Waals surface area (Å²) in [6, 6.07) is 12.8. The molecule has 1 amide bonds. The van der Waals surface area contributed by atoms with Crippen LogP contribution in [0.25, 0.3) is 0 Å². The minimum Gasteiger partial charge on any atom is -0.395 e. The van der Waals surface area contributed by atoms with Crippen molar-refractivity contribution in [1.29, 1.82) is 0 Å². The van der Waals surface area contributed by atoms with E-state index in [1.54, 1.807) is 17.9 Å². The summed E-state index contributed by atoms with van der Waals surface area (Å²) in [6.07, 6.45) is 0.703. The van der Waals surface area contributed by atoms with Crippen molar-refractivity contribution in [1.82, 2.24) is 9.88 Å². The molecule has 0 atom stereocenters. The van der Waals surface area contributed by atoms with Gasteiger partial charge in [0.25, 0.3) is 5.91 Å². The van der Waals surface area contributed by atoms with Crippen molar-refractivity contribution >= 4 is 5.91 Å². The minimum absolute atomic E-state index is 0.108. The lowest BCUT2D eigenvalue weighted by Gasteiger charge is -2.22. The molecule has 116 valence electrons. The summed E-state index contributed by atoms with van der Waals surface area (Å²) in [5.41, 5.74) is 1.82. The maximum Gasteiger partial charge on any atom is 0.254 e. The highest BCUT2D eigenvalue weighted by Crippen LogP contribution is 2.07. The number of nitrogens with zero attached hydrogens (tertiary/aromatic N) is 1. The number of aliphatic hydroxyl groups is 1. The molecular formula is C17H20N2O3. The van der Waals surface area contributed by atoms with Crippen LogP contribution in [0.2, 0.25) is 0 Å². The van der Waals surface area contributed by atoms with Crippen LogP contribution < -0.4 is 5.56 Å². The van der Waals surface area contributed by atoms with Gasteiger partial charge in [0.2, 0.25) is 5.56 Å². The van der Waals surface area contributed by atoms with Gasteiger partial charge in [0, 0.05) is 30.4 Å². The summed E-state index contributed by atoms with van der Waals surface area (Å²) >= 11 is 0. The first kappa shape index (κ1) is 16.0. The van der Waals surface area contributed by atoms with Gasteiger partial charge in [0.1, 0.15) is 0 Å². The van der Waals surface area contributed by atoms with Crippen molar-refractivity contribution in [2.24, 2.45) is 0 Å². The van der Waals surface area contributed by atoms with Crippen LogP contribution in [0, 0.1) is 6.92 Å². The van der Waals surface area contributed by atoms with Crippen LogP contribution in [0.1, 0.15) is 21.6 Å². The molecule has 1 aromatic heterocycles. The summed E-state index contributed by atoms with van der Waals surface area (Å²) in [5, 5.41) is 9.18. The Morgan fingerprint density at radius 2 is 1.91 bits per heavy atom. The van der Waals surface area contributed by atoms with E-state index in [9.17, 15) is 14.7 Å². The zero-order valence-corrected chi connectivity index (χ0v) is 12.6. The van der Waals surface area contributed by atoms with Gasteiger partial charge in [-0.2, -0.15) is 0 Å². The number of benzene rings is 1. The Balaban J connectivity index is 2.12. The molecule has 0 saturated carbocycles. The van der Waals surface area contributed by atoms with Gasteiger partial charge >= 0.3 is 0 Å². The highest BCUT2D eigenvalue weighted by Gasteiger charge is 2.16. The number of aromatic nitrogens is 1. The molecule has 2 aromatic rings. The van der Waals surface area contributed by atoms with Crippen LogP contribution >= 0.6 is 0 Å². The topological polar surface area (TPSA) is 73.4 Å². The van der Waals surface area contributed by atoms with E-state index in [0.717, 1.165) is 5.56 Å². The first-order valence-corrected chi connectivity index (χ1v) is 7.25. The van der Waals surface area contributed by atoms with Crippen molar-refractivity contribution in [3.63, 3.8) is 0 Å². The molecule has 0 radical (unpaired) electrons. The first-order chi connectivity index (χ1) is 10.6. The zero-order chi connectivity index (χ0) is 15.9. The third kappa shape index (κ3) is 4.30. The number of aryl methyl sites for hydroxylation is 1. The fourth-order valence-corrected chi connectivity index (χ4v) is 2.33. The van der Waals surface area contributed by atoms with Gasteiger partial charge < -0.3 is 15.0 Å². The number of pyridine rings is 1. The molecule has 0 aliphatic heterocycles. The SMILES string of the molecule is Cc1cc(C(=O)N(CCO)CCc2ccccc2)cc(=O)[nH]1. The van der Waals surface area contributed by atoms with Crippen LogP contribution in [0.5, 0.6) is 0 Å². The smallest absolute Gasteiger partial charge is 0.254 e. The van der Waals surface area contributed by atoms with Crippen molar-refractivity contribution in [2.45, 2.75) is 13.3 Å². The Morgan fingerprint density at radius 3 is 2.55 bits per heavy atom. The van der Waals surface area contributed by atoms with Crippen molar-refractivity contribution < 1.29 is 9.90 Å². The van der Waals surface area contributed by atoms with Gasteiger partial charge in [-0.1, -0.05) is 30.3 Å². The summed E-state index contributed by atoms with van der Waals surface area (Å²) < 4.78 is 0. The molecule has 0 fully saturated rings. The van der Waals surface area contributed by atoms with Gasteiger partial charge in [0.15, 0.2) is 0 Å². The second kappa shape index (κ2) is 7.56. The molecule has 2 N–H and O–H groups in total. The van der Waals surface area contributed by atoms with E-state index in [2.05, 4.69) is 4.98 Å². The molecule has 1 aromatic carbocycles. The number of hydrogen-bond acceptors (Lipinski definition) is 3. The van der Waals surface area contributed by atoms with Gasteiger partial charge in [-0.25, -0.2) is 0 Å². The Kier molecular flexibility index (Phi) is 5.49. The Hall–Kier alpha value is -2.40. The Bertz CT molecular complexity index is 680. The van der Waals surface area contributed by atoms with Crippen LogP contribution in [-0.2, 0) is 6.42 Å². The highest BCUT2D eigenvalue weighted by atomic mass is 16.3. The fraction of sp³-hybridized carbons (Fsp3) is 0.294. The van der Waals surface area contributed by atoms with Crippen LogP contribution in [0.15, 0.2) is 47.3 Å². The highest BCUT2D eigenvalue weighted by molar-refractivity contribution is 5.94. The van der Waals surface area contributed by atoms with E-state index in [-0.39, 0.29) is 24.6 Å². The normalized spacial score (nSPS) is 10.5. The summed E-state index contributed by atoms with van der Waals surface area (Å²) in [5.74, 6) is -0.237. The van der Waals surface area contributed by atoms with E-state index >= 15 is 0 Å². The van der Waals surface area contributed by atoms with Crippen LogP contribution in [0.4, 0.5) is 0 Å². The van der Waals surface area contributed by atoms with Crippen molar-refractivity contribution in [2.75, 3.05) is 19.7 Å². The van der Waals surface area contributed by atoms with E-state index in [4.69, 9.17) is 0 Å². The predicted molar refractivity (Wildman–Crippen MR) is 84.9 cm³/mol. The number of amides is 1. The third-order valence-electron chi connectivity index (χ3n) is 3.40. The quantitative estimate of drug-likeness (QED) is 0.846. The number of nitrogens with one attached hydrogen (secondary N) is 1. The van der Waals surface area contributed by atoms with Crippen molar-refractivity contribution in [3.05, 3.63) is 69.6 Å². The van der Waals surface area contributed by atoms with Crippen molar-refractivity contribution in [3.8, 4) is 0 Å². The molecule has 0 bridgehead atoms. The standard InChI is InChI=1S/C17H20N2O3/c1-13-11-15(12-16(21)18-13)17(22)19(9-10-20)8-7-14-5-3-2-4-6-14/h2-6,11-12,20H,7-10H2,1H3,(H,18,21). The maximum absolute atomic E-state index is 12.5. The summed E-state index contributed by atoms with van der Waals surface area (Å²) in [7, 11) is 0. The van der Waals surface area contributed by atoms with Crippen LogP contribution in [-0.4, -0.2) is 40.6 Å². The monoisotopic (exact) mass is 300 g/mol. The lowest BCUT2D eigenvalue weighted by atomic mass is 10.1. The van der Waals surface area contributed by atoms with Gasteiger partial charge in [-0.15, -0.1) is 0 Å². The third-order valence-corrected chi connectivity index (χ3v) is 3.40. The van der Waals surface area contributed by atoms with E-state index < -0.39 is 0 Å². The number of rotatable bonds is 6. The average molecular weight is 300 g/mol. The largest absolute Gasteiger partial charge is 0.395 e. The van der Waals surface area contributed by atoms with E-state index in [0.29, 0.717) is 24.2 Å². The molecule has 2 rings (SSSR count). The zero-order valence-electron chi connectivity index (χ0n) is 12.6. The lowest BCUT2D eigenvalue weighted by molar-refractivity contribution is 0.0723. The van der Waals surface area contributed by atoms with Gasteiger partial charge in [-0.05, 0) is 25.0 Å². The predicted octanol–water partition coefficient (Wildman–Crippen LogP) is 1.36. The summed E-state index contributed by atoms with van der Waals surface area (Å²) in [4.78, 5) is 28.2. The number of hydrogen-bond donors (Lipinski definition) is 2. The number of carbonyl (C=O) groups excluding carboxylic acids is 1.